The smallest absolute Gasteiger partial charge is 0.211 e. The Bertz CT molecular complexity index is 492. The molecule has 1 fully saturated rings. The van der Waals surface area contributed by atoms with Crippen molar-refractivity contribution in [3.05, 3.63) is 24.0 Å². The van der Waals surface area contributed by atoms with Gasteiger partial charge in [0.2, 0.25) is 10.0 Å². The summed E-state index contributed by atoms with van der Waals surface area (Å²) >= 11 is 0. The van der Waals surface area contributed by atoms with Gasteiger partial charge in [-0.2, -0.15) is 4.31 Å². The third kappa shape index (κ3) is 3.41. The Kier molecular flexibility index (Phi) is 3.84. The number of anilines is 1. The van der Waals surface area contributed by atoms with Crippen molar-refractivity contribution in [2.75, 3.05) is 38.2 Å². The van der Waals surface area contributed by atoms with Crippen molar-refractivity contribution in [1.29, 1.82) is 0 Å². The third-order valence-electron chi connectivity index (χ3n) is 3.03. The molecule has 0 spiro atoms. The van der Waals surface area contributed by atoms with E-state index in [2.05, 4.69) is 9.88 Å². The summed E-state index contributed by atoms with van der Waals surface area (Å²) < 4.78 is 24.3. The molecule has 2 heterocycles. The second kappa shape index (κ2) is 5.21. The fraction of sp³-hybridized carbons (Fsp3) is 0.545. The summed E-state index contributed by atoms with van der Waals surface area (Å²) in [5.74, 6) is 0. The maximum atomic E-state index is 11.4. The van der Waals surface area contributed by atoms with E-state index in [1.165, 1.54) is 10.6 Å². The van der Waals surface area contributed by atoms with Gasteiger partial charge in [-0.25, -0.2) is 8.42 Å². The van der Waals surface area contributed by atoms with Crippen LogP contribution in [0.1, 0.15) is 5.69 Å². The van der Waals surface area contributed by atoms with Crippen molar-refractivity contribution in [2.24, 2.45) is 0 Å². The number of nitrogens with two attached hydrogens (primary N) is 1. The molecule has 0 aromatic carbocycles. The van der Waals surface area contributed by atoms with Gasteiger partial charge in [0, 0.05) is 32.7 Å². The normalized spacial score (nSPS) is 18.9. The fourth-order valence-electron chi connectivity index (χ4n) is 1.98. The summed E-state index contributed by atoms with van der Waals surface area (Å²) in [5, 5.41) is 0. The monoisotopic (exact) mass is 270 g/mol. The highest BCUT2D eigenvalue weighted by Gasteiger charge is 2.23. The summed E-state index contributed by atoms with van der Waals surface area (Å²) in [4.78, 5) is 6.44. The van der Waals surface area contributed by atoms with Gasteiger partial charge in [-0.05, 0) is 12.1 Å². The zero-order chi connectivity index (χ0) is 13.2. The van der Waals surface area contributed by atoms with Gasteiger partial charge in [0.05, 0.1) is 23.8 Å². The number of nitrogen functional groups attached to an aromatic ring is 1. The van der Waals surface area contributed by atoms with Crippen LogP contribution in [0.2, 0.25) is 0 Å². The summed E-state index contributed by atoms with van der Waals surface area (Å²) in [5.41, 5.74) is 7.19. The van der Waals surface area contributed by atoms with Crippen LogP contribution >= 0.6 is 0 Å². The van der Waals surface area contributed by atoms with E-state index in [0.717, 1.165) is 25.3 Å². The summed E-state index contributed by atoms with van der Waals surface area (Å²) in [6.07, 6.45) is 2.90. The Balaban J connectivity index is 1.89. The number of rotatable bonds is 3. The van der Waals surface area contributed by atoms with Gasteiger partial charge in [-0.1, -0.05) is 0 Å². The average molecular weight is 270 g/mol. The van der Waals surface area contributed by atoms with Crippen molar-refractivity contribution in [3.8, 4) is 0 Å². The number of piperazine rings is 1. The first-order chi connectivity index (χ1) is 8.45. The Morgan fingerprint density at radius 3 is 2.44 bits per heavy atom. The van der Waals surface area contributed by atoms with Crippen LogP contribution in [0.5, 0.6) is 0 Å². The van der Waals surface area contributed by atoms with Crippen molar-refractivity contribution >= 4 is 15.7 Å². The molecule has 0 aliphatic carbocycles. The lowest BCUT2D eigenvalue weighted by molar-refractivity contribution is 0.180. The van der Waals surface area contributed by atoms with E-state index in [9.17, 15) is 8.42 Å². The quantitative estimate of drug-likeness (QED) is 0.818. The molecule has 0 unspecified atom stereocenters. The first-order valence-electron chi connectivity index (χ1n) is 5.83. The summed E-state index contributed by atoms with van der Waals surface area (Å²) in [6, 6.07) is 3.73. The highest BCUT2D eigenvalue weighted by molar-refractivity contribution is 7.88. The van der Waals surface area contributed by atoms with Crippen LogP contribution in [0.4, 0.5) is 5.69 Å². The molecule has 1 saturated heterocycles. The first kappa shape index (κ1) is 13.3. The molecule has 0 bridgehead atoms. The van der Waals surface area contributed by atoms with Crippen LogP contribution in [-0.4, -0.2) is 55.0 Å². The number of pyridine rings is 1. The second-order valence-electron chi connectivity index (χ2n) is 4.52. The molecule has 1 aliphatic rings. The van der Waals surface area contributed by atoms with Gasteiger partial charge in [0.25, 0.3) is 0 Å². The molecule has 2 rings (SSSR count). The van der Waals surface area contributed by atoms with Crippen LogP contribution in [-0.2, 0) is 16.6 Å². The Hall–Kier alpha value is -1.18. The van der Waals surface area contributed by atoms with E-state index >= 15 is 0 Å². The molecule has 0 radical (unpaired) electrons. The van der Waals surface area contributed by atoms with E-state index in [-0.39, 0.29) is 0 Å². The van der Waals surface area contributed by atoms with Crippen LogP contribution in [0.15, 0.2) is 18.3 Å². The Labute approximate surface area is 107 Å². The topological polar surface area (TPSA) is 79.5 Å². The predicted octanol–water partition coefficient (Wildman–Crippen LogP) is -0.259. The summed E-state index contributed by atoms with van der Waals surface area (Å²) in [6.45, 7) is 3.30. The van der Waals surface area contributed by atoms with E-state index in [4.69, 9.17) is 5.73 Å². The van der Waals surface area contributed by atoms with Crippen molar-refractivity contribution in [2.45, 2.75) is 6.54 Å². The number of nitrogens with zero attached hydrogens (tertiary/aromatic N) is 3. The Morgan fingerprint density at radius 1 is 1.28 bits per heavy atom. The summed E-state index contributed by atoms with van der Waals surface area (Å²) in [7, 11) is -3.05. The zero-order valence-corrected chi connectivity index (χ0v) is 11.2. The van der Waals surface area contributed by atoms with Gasteiger partial charge in [0.1, 0.15) is 0 Å². The largest absolute Gasteiger partial charge is 0.397 e. The molecule has 1 aromatic rings. The maximum Gasteiger partial charge on any atom is 0.211 e. The number of hydrogen-bond acceptors (Lipinski definition) is 5. The molecule has 0 amide bonds. The molecule has 100 valence electrons. The van der Waals surface area contributed by atoms with Crippen LogP contribution in [0, 0.1) is 0 Å². The van der Waals surface area contributed by atoms with Gasteiger partial charge < -0.3 is 5.73 Å². The van der Waals surface area contributed by atoms with Crippen LogP contribution in [0.3, 0.4) is 0 Å². The third-order valence-corrected chi connectivity index (χ3v) is 4.34. The SMILES string of the molecule is CS(=O)(=O)N1CCN(Cc2ccc(N)cn2)CC1. The lowest BCUT2D eigenvalue weighted by Crippen LogP contribution is -2.47. The highest BCUT2D eigenvalue weighted by Crippen LogP contribution is 2.10. The molecular formula is C11H18N4O2S. The lowest BCUT2D eigenvalue weighted by atomic mass is 10.3. The van der Waals surface area contributed by atoms with Crippen molar-refractivity contribution in [1.82, 2.24) is 14.2 Å². The van der Waals surface area contributed by atoms with Gasteiger partial charge in [-0.15, -0.1) is 0 Å². The van der Waals surface area contributed by atoms with Crippen LogP contribution < -0.4 is 5.73 Å². The predicted molar refractivity (Wildman–Crippen MR) is 70.3 cm³/mol. The minimum atomic E-state index is -3.05. The highest BCUT2D eigenvalue weighted by atomic mass is 32.2. The van der Waals surface area contributed by atoms with E-state index in [1.807, 2.05) is 12.1 Å². The minimum Gasteiger partial charge on any atom is -0.397 e. The molecule has 0 saturated carbocycles. The second-order valence-corrected chi connectivity index (χ2v) is 6.50. The van der Waals surface area contributed by atoms with E-state index in [1.54, 1.807) is 6.20 Å². The molecular weight excluding hydrogens is 252 g/mol. The molecule has 0 atom stereocenters. The molecule has 1 aromatic heterocycles. The van der Waals surface area contributed by atoms with Gasteiger partial charge >= 0.3 is 0 Å². The molecule has 18 heavy (non-hydrogen) atoms. The van der Waals surface area contributed by atoms with E-state index < -0.39 is 10.0 Å². The lowest BCUT2D eigenvalue weighted by Gasteiger charge is -2.32. The number of aromatic nitrogens is 1. The standard InChI is InChI=1S/C11H18N4O2S/c1-18(16,17)15-6-4-14(5-7-15)9-11-3-2-10(12)8-13-11/h2-3,8H,4-7,9,12H2,1H3. The zero-order valence-electron chi connectivity index (χ0n) is 10.4. The van der Waals surface area contributed by atoms with Crippen LogP contribution in [0.25, 0.3) is 0 Å². The van der Waals surface area contributed by atoms with Gasteiger partial charge in [0.15, 0.2) is 0 Å². The molecule has 6 nitrogen and oxygen atoms in total. The van der Waals surface area contributed by atoms with Gasteiger partial charge in [-0.3, -0.25) is 9.88 Å². The molecule has 2 N–H and O–H groups in total. The number of sulfonamides is 1. The Morgan fingerprint density at radius 2 is 1.94 bits per heavy atom. The van der Waals surface area contributed by atoms with Crippen molar-refractivity contribution < 1.29 is 8.42 Å². The number of hydrogen-bond donors (Lipinski definition) is 1. The molecule has 1 aliphatic heterocycles. The fourth-order valence-corrected chi connectivity index (χ4v) is 2.80. The first-order valence-corrected chi connectivity index (χ1v) is 7.68. The van der Waals surface area contributed by atoms with Crippen molar-refractivity contribution in [3.63, 3.8) is 0 Å². The maximum absolute atomic E-state index is 11.4. The average Bonchev–Trinajstić information content (AvgIpc) is 2.32. The molecule has 7 heteroatoms. The minimum absolute atomic E-state index is 0.549. The van der Waals surface area contributed by atoms with E-state index in [0.29, 0.717) is 18.8 Å².